The highest BCUT2D eigenvalue weighted by Gasteiger charge is 2.24. The molecular formula is C22H24O3S. The van der Waals surface area contributed by atoms with E-state index in [9.17, 15) is 9.90 Å². The van der Waals surface area contributed by atoms with Crippen LogP contribution in [0.25, 0.3) is 10.8 Å². The van der Waals surface area contributed by atoms with E-state index in [0.29, 0.717) is 13.0 Å². The molecule has 2 aromatic carbocycles. The largest absolute Gasteiger partial charge is 0.493 e. The highest BCUT2D eigenvalue weighted by Crippen LogP contribution is 2.34. The number of benzene rings is 2. The van der Waals surface area contributed by atoms with Crippen LogP contribution in [-0.2, 0) is 11.2 Å². The maximum Gasteiger partial charge on any atom is 0.312 e. The molecule has 0 aliphatic carbocycles. The molecule has 0 aliphatic heterocycles. The lowest BCUT2D eigenvalue weighted by atomic mass is 9.93. The molecule has 0 aliphatic rings. The number of thiophene rings is 1. The summed E-state index contributed by atoms with van der Waals surface area (Å²) in [5, 5.41) is 13.9. The van der Waals surface area contributed by atoms with Gasteiger partial charge in [0.2, 0.25) is 0 Å². The van der Waals surface area contributed by atoms with Crippen molar-refractivity contribution >= 4 is 28.1 Å². The first-order chi connectivity index (χ1) is 12.7. The first kappa shape index (κ1) is 18.5. The van der Waals surface area contributed by atoms with Gasteiger partial charge in [0, 0.05) is 10.4 Å². The van der Waals surface area contributed by atoms with E-state index < -0.39 is 11.9 Å². The van der Waals surface area contributed by atoms with Gasteiger partial charge in [-0.15, -0.1) is 11.3 Å². The number of carboxylic acid groups (broad SMARTS) is 1. The second-order valence-corrected chi connectivity index (χ2v) is 7.41. The van der Waals surface area contributed by atoms with Crippen molar-refractivity contribution in [1.29, 1.82) is 0 Å². The normalized spacial score (nSPS) is 12.2. The predicted octanol–water partition coefficient (Wildman–Crippen LogP) is 5.88. The average molecular weight is 368 g/mol. The Balaban J connectivity index is 1.96. The Bertz CT molecular complexity index is 855. The smallest absolute Gasteiger partial charge is 0.312 e. The lowest BCUT2D eigenvalue weighted by molar-refractivity contribution is -0.138. The second-order valence-electron chi connectivity index (χ2n) is 6.43. The Hall–Kier alpha value is -2.33. The number of hydrogen-bond acceptors (Lipinski definition) is 3. The molecule has 0 amide bonds. The molecule has 0 fully saturated rings. The molecule has 1 unspecified atom stereocenters. The van der Waals surface area contributed by atoms with Gasteiger partial charge in [-0.05, 0) is 41.1 Å². The first-order valence-electron chi connectivity index (χ1n) is 9.10. The van der Waals surface area contributed by atoms with Crippen molar-refractivity contribution < 1.29 is 14.6 Å². The number of unbranched alkanes of at least 4 members (excludes halogenated alkanes) is 2. The van der Waals surface area contributed by atoms with Crippen LogP contribution >= 0.6 is 11.3 Å². The third kappa shape index (κ3) is 4.25. The van der Waals surface area contributed by atoms with E-state index >= 15 is 0 Å². The number of hydrogen-bond donors (Lipinski definition) is 1. The summed E-state index contributed by atoms with van der Waals surface area (Å²) in [4.78, 5) is 12.8. The van der Waals surface area contributed by atoms with Crippen LogP contribution in [0.4, 0.5) is 0 Å². The highest BCUT2D eigenvalue weighted by atomic mass is 32.1. The van der Waals surface area contributed by atoms with E-state index in [4.69, 9.17) is 4.74 Å². The monoisotopic (exact) mass is 368 g/mol. The summed E-state index contributed by atoms with van der Waals surface area (Å²) in [7, 11) is 0. The number of carboxylic acids is 1. The fourth-order valence-corrected chi connectivity index (χ4v) is 4.02. The summed E-state index contributed by atoms with van der Waals surface area (Å²) in [6, 6.07) is 15.9. The van der Waals surface area contributed by atoms with E-state index in [1.54, 1.807) is 0 Å². The summed E-state index contributed by atoms with van der Waals surface area (Å²) < 4.78 is 6.06. The quantitative estimate of drug-likeness (QED) is 0.480. The molecule has 1 heterocycles. The maximum atomic E-state index is 11.9. The zero-order chi connectivity index (χ0) is 18.4. The lowest BCUT2D eigenvalue weighted by Crippen LogP contribution is -2.14. The van der Waals surface area contributed by atoms with Gasteiger partial charge in [0.15, 0.2) is 0 Å². The zero-order valence-electron chi connectivity index (χ0n) is 15.0. The Morgan fingerprint density at radius 2 is 1.96 bits per heavy atom. The van der Waals surface area contributed by atoms with Gasteiger partial charge < -0.3 is 9.84 Å². The molecule has 1 atom stereocenters. The molecule has 0 saturated carbocycles. The average Bonchev–Trinajstić information content (AvgIpc) is 3.17. The van der Waals surface area contributed by atoms with Crippen LogP contribution < -0.4 is 4.74 Å². The molecule has 136 valence electrons. The lowest BCUT2D eigenvalue weighted by Gasteiger charge is -2.17. The van der Waals surface area contributed by atoms with Gasteiger partial charge in [0.25, 0.3) is 0 Å². The number of rotatable bonds is 9. The fourth-order valence-electron chi connectivity index (χ4n) is 3.20. The molecule has 3 rings (SSSR count). The van der Waals surface area contributed by atoms with Gasteiger partial charge >= 0.3 is 5.97 Å². The first-order valence-corrected chi connectivity index (χ1v) is 9.98. The van der Waals surface area contributed by atoms with Crippen molar-refractivity contribution in [2.45, 2.75) is 38.5 Å². The maximum absolute atomic E-state index is 11.9. The van der Waals surface area contributed by atoms with Crippen molar-refractivity contribution in [3.63, 3.8) is 0 Å². The van der Waals surface area contributed by atoms with Gasteiger partial charge in [-0.25, -0.2) is 0 Å². The van der Waals surface area contributed by atoms with Crippen molar-refractivity contribution in [1.82, 2.24) is 0 Å². The number of ether oxygens (including phenoxy) is 1. The molecule has 4 heteroatoms. The van der Waals surface area contributed by atoms with E-state index in [1.807, 2.05) is 35.7 Å². The molecule has 0 bridgehead atoms. The summed E-state index contributed by atoms with van der Waals surface area (Å²) in [5.74, 6) is -0.543. The third-order valence-electron chi connectivity index (χ3n) is 4.60. The second kappa shape index (κ2) is 8.86. The van der Waals surface area contributed by atoms with Crippen LogP contribution in [0.1, 0.15) is 42.5 Å². The fraction of sp³-hybridized carbons (Fsp3) is 0.318. The molecule has 1 aromatic heterocycles. The highest BCUT2D eigenvalue weighted by molar-refractivity contribution is 7.10. The van der Waals surface area contributed by atoms with Crippen LogP contribution in [0.5, 0.6) is 5.75 Å². The summed E-state index contributed by atoms with van der Waals surface area (Å²) in [6.07, 6.45) is 3.72. The van der Waals surface area contributed by atoms with Crippen molar-refractivity contribution in [2.75, 3.05) is 6.61 Å². The third-order valence-corrected chi connectivity index (χ3v) is 5.58. The summed E-state index contributed by atoms with van der Waals surface area (Å²) in [5.41, 5.74) is 0.986. The number of carbonyl (C=O) groups is 1. The Labute approximate surface area is 158 Å². The molecular weight excluding hydrogens is 344 g/mol. The van der Waals surface area contributed by atoms with Crippen LogP contribution in [-0.4, -0.2) is 17.7 Å². The Kier molecular flexibility index (Phi) is 6.29. The van der Waals surface area contributed by atoms with Crippen molar-refractivity contribution in [3.05, 3.63) is 64.4 Å². The predicted molar refractivity (Wildman–Crippen MR) is 107 cm³/mol. The van der Waals surface area contributed by atoms with E-state index in [-0.39, 0.29) is 0 Å². The minimum absolute atomic E-state index is 0.431. The molecule has 26 heavy (non-hydrogen) atoms. The number of fused-ring (bicyclic) bond motifs is 1. The van der Waals surface area contributed by atoms with Crippen molar-refractivity contribution in [3.8, 4) is 5.75 Å². The topological polar surface area (TPSA) is 46.5 Å². The molecule has 3 nitrogen and oxygen atoms in total. The number of aliphatic carboxylic acids is 1. The van der Waals surface area contributed by atoms with Crippen LogP contribution in [0, 0.1) is 0 Å². The molecule has 0 saturated heterocycles. The SMILES string of the molecule is CCCCCOc1ccc2ccccc2c1CC(C(=O)O)c1cccs1. The molecule has 0 spiro atoms. The van der Waals surface area contributed by atoms with E-state index in [1.165, 1.54) is 11.3 Å². The Morgan fingerprint density at radius 1 is 1.12 bits per heavy atom. The van der Waals surface area contributed by atoms with Gasteiger partial charge in [0.1, 0.15) is 5.75 Å². The Morgan fingerprint density at radius 3 is 2.69 bits per heavy atom. The van der Waals surface area contributed by atoms with Crippen molar-refractivity contribution in [2.24, 2.45) is 0 Å². The van der Waals surface area contributed by atoms with E-state index in [2.05, 4.69) is 25.1 Å². The van der Waals surface area contributed by atoms with Crippen LogP contribution in [0.3, 0.4) is 0 Å². The minimum Gasteiger partial charge on any atom is -0.493 e. The van der Waals surface area contributed by atoms with Gasteiger partial charge in [-0.3, -0.25) is 4.79 Å². The van der Waals surface area contributed by atoms with Gasteiger partial charge in [-0.1, -0.05) is 56.2 Å². The molecule has 1 N–H and O–H groups in total. The standard InChI is InChI=1S/C22H24O3S/c1-2-3-6-13-25-20-12-11-16-8-4-5-9-17(16)18(20)15-19(22(23)24)21-10-7-14-26-21/h4-5,7-12,14,19H,2-3,6,13,15H2,1H3,(H,23,24). The minimum atomic E-state index is -0.794. The van der Waals surface area contributed by atoms with Crippen LogP contribution in [0.15, 0.2) is 53.9 Å². The zero-order valence-corrected chi connectivity index (χ0v) is 15.8. The molecule has 0 radical (unpaired) electrons. The van der Waals surface area contributed by atoms with Gasteiger partial charge in [-0.2, -0.15) is 0 Å². The summed E-state index contributed by atoms with van der Waals surface area (Å²) >= 11 is 1.49. The van der Waals surface area contributed by atoms with Gasteiger partial charge in [0.05, 0.1) is 12.5 Å². The molecule has 3 aromatic rings. The summed E-state index contributed by atoms with van der Waals surface area (Å²) in [6.45, 7) is 2.83. The van der Waals surface area contributed by atoms with E-state index in [0.717, 1.165) is 46.2 Å². The van der Waals surface area contributed by atoms with Crippen LogP contribution in [0.2, 0.25) is 0 Å².